The Morgan fingerprint density at radius 2 is 1.97 bits per heavy atom. The van der Waals surface area contributed by atoms with Crippen LogP contribution < -0.4 is 5.32 Å². The Balaban J connectivity index is 1.86. The molecule has 0 aliphatic heterocycles. The quantitative estimate of drug-likeness (QED) is 0.470. The van der Waals surface area contributed by atoms with Crippen LogP contribution in [0.4, 0.5) is 0 Å². The first-order valence-corrected chi connectivity index (χ1v) is 12.3. The first-order chi connectivity index (χ1) is 14.2. The average molecular weight is 434 g/mol. The van der Waals surface area contributed by atoms with Crippen LogP contribution in [0.15, 0.2) is 18.2 Å². The van der Waals surface area contributed by atoms with Gasteiger partial charge in [-0.25, -0.2) is 4.79 Å². The van der Waals surface area contributed by atoms with Crippen molar-refractivity contribution in [3.05, 3.63) is 34.3 Å². The van der Waals surface area contributed by atoms with Gasteiger partial charge in [-0.05, 0) is 80.9 Å². The first kappa shape index (κ1) is 23.6. The van der Waals surface area contributed by atoms with E-state index in [1.54, 1.807) is 0 Å². The highest BCUT2D eigenvalue weighted by molar-refractivity contribution is 6.31. The number of nitrogens with one attached hydrogen (secondary N) is 1. The Labute approximate surface area is 188 Å². The fourth-order valence-electron chi connectivity index (χ4n) is 5.57. The highest BCUT2D eigenvalue weighted by Crippen LogP contribution is 2.39. The summed E-state index contributed by atoms with van der Waals surface area (Å²) in [7, 11) is 0. The Bertz CT molecular complexity index is 726. The van der Waals surface area contributed by atoms with E-state index in [9.17, 15) is 4.79 Å². The maximum Gasteiger partial charge on any atom is 0.328 e. The van der Waals surface area contributed by atoms with E-state index in [4.69, 9.17) is 16.3 Å². The summed E-state index contributed by atoms with van der Waals surface area (Å²) in [6.45, 7) is 11.0. The van der Waals surface area contributed by atoms with E-state index in [0.717, 1.165) is 43.2 Å². The van der Waals surface area contributed by atoms with Gasteiger partial charge in [-0.15, -0.1) is 0 Å². The van der Waals surface area contributed by atoms with Gasteiger partial charge in [0.15, 0.2) is 0 Å². The lowest BCUT2D eigenvalue weighted by molar-refractivity contribution is -0.159. The van der Waals surface area contributed by atoms with Crippen molar-refractivity contribution in [2.45, 2.75) is 104 Å². The van der Waals surface area contributed by atoms with Gasteiger partial charge in [-0.2, -0.15) is 0 Å². The van der Waals surface area contributed by atoms with Gasteiger partial charge in [-0.1, -0.05) is 63.8 Å². The molecule has 0 unspecified atom stereocenters. The van der Waals surface area contributed by atoms with E-state index in [1.165, 1.54) is 19.3 Å². The van der Waals surface area contributed by atoms with Crippen LogP contribution in [0.1, 0.15) is 96.2 Å². The Morgan fingerprint density at radius 1 is 1.27 bits per heavy atom. The molecule has 0 radical (unpaired) electrons. The van der Waals surface area contributed by atoms with Crippen LogP contribution in [0.5, 0.6) is 0 Å². The van der Waals surface area contributed by atoms with Crippen LogP contribution in [-0.4, -0.2) is 17.6 Å². The van der Waals surface area contributed by atoms with Crippen LogP contribution in [0.25, 0.3) is 0 Å². The summed E-state index contributed by atoms with van der Waals surface area (Å²) in [5.74, 6) is 1.48. The van der Waals surface area contributed by atoms with Crippen molar-refractivity contribution in [2.75, 3.05) is 0 Å². The number of carbonyl (C=O) groups is 1. The molecule has 0 spiro atoms. The molecule has 1 aromatic carbocycles. The van der Waals surface area contributed by atoms with Crippen molar-refractivity contribution in [2.24, 2.45) is 17.8 Å². The summed E-state index contributed by atoms with van der Waals surface area (Å²) in [6, 6.07) is 5.38. The van der Waals surface area contributed by atoms with E-state index in [-0.39, 0.29) is 17.6 Å². The molecule has 2 fully saturated rings. The van der Waals surface area contributed by atoms with Crippen molar-refractivity contribution < 1.29 is 9.53 Å². The van der Waals surface area contributed by atoms with Crippen LogP contribution >= 0.6 is 11.6 Å². The summed E-state index contributed by atoms with van der Waals surface area (Å²) in [5.41, 5.74) is 1.88. The molecule has 4 atom stereocenters. The van der Waals surface area contributed by atoms with Crippen molar-refractivity contribution in [1.29, 1.82) is 0 Å². The minimum atomic E-state index is -0.471. The number of rotatable bonds is 7. The van der Waals surface area contributed by atoms with Crippen molar-refractivity contribution in [3.8, 4) is 0 Å². The lowest BCUT2D eigenvalue weighted by Gasteiger charge is -2.39. The monoisotopic (exact) mass is 433 g/mol. The second kappa shape index (κ2) is 10.0. The van der Waals surface area contributed by atoms with Crippen molar-refractivity contribution in [3.63, 3.8) is 0 Å². The molecule has 3 nitrogen and oxygen atoms in total. The molecule has 168 valence electrons. The third-order valence-corrected chi connectivity index (χ3v) is 8.12. The summed E-state index contributed by atoms with van der Waals surface area (Å²) in [4.78, 5) is 13.6. The Kier molecular flexibility index (Phi) is 7.90. The predicted molar refractivity (Wildman–Crippen MR) is 125 cm³/mol. The third-order valence-electron chi connectivity index (χ3n) is 7.71. The van der Waals surface area contributed by atoms with E-state index >= 15 is 0 Å². The fraction of sp³-hybridized carbons (Fsp3) is 0.731. The Morgan fingerprint density at radius 3 is 2.60 bits per heavy atom. The molecule has 0 saturated heterocycles. The van der Waals surface area contributed by atoms with E-state index < -0.39 is 6.04 Å². The van der Waals surface area contributed by atoms with E-state index in [1.807, 2.05) is 25.1 Å². The maximum absolute atomic E-state index is 13.6. The maximum atomic E-state index is 13.6. The molecule has 0 amide bonds. The minimum Gasteiger partial charge on any atom is -0.461 e. The molecule has 1 N–H and O–H groups in total. The topological polar surface area (TPSA) is 38.3 Å². The lowest BCUT2D eigenvalue weighted by atomic mass is 9.74. The van der Waals surface area contributed by atoms with Gasteiger partial charge in [0.2, 0.25) is 0 Å². The molecule has 1 aromatic rings. The third kappa shape index (κ3) is 5.40. The van der Waals surface area contributed by atoms with Gasteiger partial charge in [-0.3, -0.25) is 5.32 Å². The summed E-state index contributed by atoms with van der Waals surface area (Å²) < 4.78 is 6.32. The van der Waals surface area contributed by atoms with Crippen molar-refractivity contribution in [1.82, 2.24) is 5.32 Å². The van der Waals surface area contributed by atoms with Crippen LogP contribution in [0, 0.1) is 24.7 Å². The number of hydrogen-bond donors (Lipinski definition) is 1. The molecule has 0 heterocycles. The number of hydrogen-bond acceptors (Lipinski definition) is 3. The van der Waals surface area contributed by atoms with Gasteiger partial charge in [0, 0.05) is 10.6 Å². The van der Waals surface area contributed by atoms with Gasteiger partial charge in [0.05, 0.1) is 0 Å². The molecule has 2 aliphatic carbocycles. The average Bonchev–Trinajstić information content (AvgIpc) is 3.14. The standard InChI is InChI=1S/C26H40ClNO2/c1-6-19-12-13-20(17(2)3)23(16-19)30-25(29)24(28-26(5)14-7-8-15-26)21-10-9-11-22(27)18(21)4/h9-11,17,19-20,23-24,28H,6-8,12-16H2,1-5H3/t19-,20+,23-,24+/m1/s1. The predicted octanol–water partition coefficient (Wildman–Crippen LogP) is 7.01. The second-order valence-corrected chi connectivity index (χ2v) is 10.7. The molecule has 4 heteroatoms. The molecule has 3 rings (SSSR count). The molecule has 0 aromatic heterocycles. The van der Waals surface area contributed by atoms with Crippen molar-refractivity contribution >= 4 is 17.6 Å². The summed E-state index contributed by atoms with van der Waals surface area (Å²) >= 11 is 6.43. The zero-order valence-electron chi connectivity index (χ0n) is 19.5. The normalized spacial score (nSPS) is 27.2. The SMILES string of the molecule is CC[C@@H]1CC[C@@H](C(C)C)[C@H](OC(=O)[C@@H](NC2(C)CCCC2)c2cccc(Cl)c2C)C1. The van der Waals surface area contributed by atoms with E-state index in [0.29, 0.717) is 22.8 Å². The molecule has 0 bridgehead atoms. The van der Waals surface area contributed by atoms with Gasteiger partial charge < -0.3 is 4.74 Å². The summed E-state index contributed by atoms with van der Waals surface area (Å²) in [6.07, 6.45) is 9.15. The van der Waals surface area contributed by atoms with Crippen LogP contribution in [-0.2, 0) is 9.53 Å². The number of benzene rings is 1. The van der Waals surface area contributed by atoms with Crippen LogP contribution in [0.2, 0.25) is 5.02 Å². The number of carbonyl (C=O) groups excluding carboxylic acids is 1. The highest BCUT2D eigenvalue weighted by atomic mass is 35.5. The van der Waals surface area contributed by atoms with E-state index in [2.05, 4.69) is 33.0 Å². The Hall–Kier alpha value is -1.06. The van der Waals surface area contributed by atoms with Gasteiger partial charge >= 0.3 is 5.97 Å². The van der Waals surface area contributed by atoms with Crippen LogP contribution in [0.3, 0.4) is 0 Å². The number of esters is 1. The number of ether oxygens (including phenoxy) is 1. The largest absolute Gasteiger partial charge is 0.461 e. The zero-order valence-corrected chi connectivity index (χ0v) is 20.2. The second-order valence-electron chi connectivity index (χ2n) is 10.3. The smallest absolute Gasteiger partial charge is 0.328 e. The highest BCUT2D eigenvalue weighted by Gasteiger charge is 2.39. The molecule has 30 heavy (non-hydrogen) atoms. The fourth-order valence-corrected chi connectivity index (χ4v) is 5.75. The number of halogens is 1. The zero-order chi connectivity index (χ0) is 21.9. The minimum absolute atomic E-state index is 0.0105. The molecule has 2 aliphatic rings. The molecule has 2 saturated carbocycles. The first-order valence-electron chi connectivity index (χ1n) is 12.0. The van der Waals surface area contributed by atoms with Gasteiger partial charge in [0.25, 0.3) is 0 Å². The molecular formula is C26H40ClNO2. The van der Waals surface area contributed by atoms with Gasteiger partial charge in [0.1, 0.15) is 12.1 Å². The molecular weight excluding hydrogens is 394 g/mol. The lowest BCUT2D eigenvalue weighted by Crippen LogP contribution is -2.47. The summed E-state index contributed by atoms with van der Waals surface area (Å²) in [5, 5.41) is 4.40.